The van der Waals surface area contributed by atoms with Crippen molar-refractivity contribution in [1.29, 1.82) is 0 Å². The third-order valence-corrected chi connectivity index (χ3v) is 1.54. The molecule has 0 aliphatic heterocycles. The second-order valence-corrected chi connectivity index (χ2v) is 2.53. The van der Waals surface area contributed by atoms with Gasteiger partial charge in [0.25, 0.3) is 0 Å². The van der Waals surface area contributed by atoms with Crippen LogP contribution >= 0.6 is 0 Å². The number of hydrogen-bond donors (Lipinski definition) is 2. The van der Waals surface area contributed by atoms with E-state index >= 15 is 0 Å². The lowest BCUT2D eigenvalue weighted by molar-refractivity contribution is 0.329. The molecule has 0 aliphatic rings. The second kappa shape index (κ2) is 5.03. The lowest BCUT2D eigenvalue weighted by Crippen LogP contribution is -2.17. The topological polar surface area (TPSA) is 73.6 Å². The molecule has 1 aromatic carbocycles. The standard InChI is InChI=1S/C9H13N3O/c10-9(12-11)6-7-13-8-4-2-1-3-5-8/h1-5H,6-7,11H2,(H2,10,12). The number of nitrogens with two attached hydrogens (primary N) is 2. The molecule has 4 nitrogen and oxygen atoms in total. The van der Waals surface area contributed by atoms with E-state index in [1.165, 1.54) is 0 Å². The third kappa shape index (κ3) is 3.46. The van der Waals surface area contributed by atoms with Gasteiger partial charge < -0.3 is 16.3 Å². The number of amidine groups is 1. The summed E-state index contributed by atoms with van der Waals surface area (Å²) in [4.78, 5) is 0. The van der Waals surface area contributed by atoms with Crippen molar-refractivity contribution in [3.05, 3.63) is 30.3 Å². The van der Waals surface area contributed by atoms with Crippen molar-refractivity contribution in [3.8, 4) is 5.75 Å². The number of para-hydroxylation sites is 1. The van der Waals surface area contributed by atoms with Gasteiger partial charge in [-0.25, -0.2) is 0 Å². The number of rotatable bonds is 4. The van der Waals surface area contributed by atoms with Crippen molar-refractivity contribution in [2.75, 3.05) is 6.61 Å². The predicted molar refractivity (Wildman–Crippen MR) is 52.4 cm³/mol. The van der Waals surface area contributed by atoms with Crippen LogP contribution in [0.2, 0.25) is 0 Å². The van der Waals surface area contributed by atoms with Crippen LogP contribution in [0.1, 0.15) is 6.42 Å². The maximum absolute atomic E-state index is 5.38. The Labute approximate surface area is 77.2 Å². The Morgan fingerprint density at radius 1 is 1.31 bits per heavy atom. The molecule has 0 radical (unpaired) electrons. The van der Waals surface area contributed by atoms with Gasteiger partial charge in [0.05, 0.1) is 6.61 Å². The summed E-state index contributed by atoms with van der Waals surface area (Å²) < 4.78 is 5.36. The van der Waals surface area contributed by atoms with Gasteiger partial charge in [0.15, 0.2) is 0 Å². The normalized spacial score (nSPS) is 11.2. The van der Waals surface area contributed by atoms with Crippen LogP contribution in [0.15, 0.2) is 35.4 Å². The van der Waals surface area contributed by atoms with E-state index in [0.29, 0.717) is 18.9 Å². The molecule has 4 N–H and O–H groups in total. The van der Waals surface area contributed by atoms with E-state index in [4.69, 9.17) is 16.3 Å². The van der Waals surface area contributed by atoms with Crippen LogP contribution in [0.4, 0.5) is 0 Å². The monoisotopic (exact) mass is 179 g/mol. The van der Waals surface area contributed by atoms with Gasteiger partial charge >= 0.3 is 0 Å². The number of ether oxygens (including phenoxy) is 1. The average molecular weight is 179 g/mol. The first kappa shape index (κ1) is 9.38. The molecule has 0 spiro atoms. The third-order valence-electron chi connectivity index (χ3n) is 1.54. The Morgan fingerprint density at radius 3 is 2.62 bits per heavy atom. The van der Waals surface area contributed by atoms with Gasteiger partial charge in [-0.3, -0.25) is 0 Å². The first-order valence-corrected chi connectivity index (χ1v) is 4.03. The van der Waals surface area contributed by atoms with Gasteiger partial charge in [-0.05, 0) is 12.1 Å². The largest absolute Gasteiger partial charge is 0.493 e. The second-order valence-electron chi connectivity index (χ2n) is 2.53. The molecule has 0 saturated heterocycles. The summed E-state index contributed by atoms with van der Waals surface area (Å²) in [6.07, 6.45) is 0.547. The Bertz CT molecular complexity index is 271. The highest BCUT2D eigenvalue weighted by atomic mass is 16.5. The SMILES string of the molecule is N/N=C(/N)CCOc1ccccc1. The van der Waals surface area contributed by atoms with E-state index < -0.39 is 0 Å². The first-order valence-electron chi connectivity index (χ1n) is 4.03. The van der Waals surface area contributed by atoms with Gasteiger partial charge in [-0.2, -0.15) is 5.10 Å². The number of hydrazone groups is 1. The summed E-state index contributed by atoms with van der Waals surface area (Å²) in [6, 6.07) is 9.53. The molecule has 4 heteroatoms. The Balaban J connectivity index is 2.28. The molecule has 70 valence electrons. The van der Waals surface area contributed by atoms with E-state index in [0.717, 1.165) is 5.75 Å². The number of hydrogen-bond acceptors (Lipinski definition) is 3. The Morgan fingerprint density at radius 2 is 2.00 bits per heavy atom. The fourth-order valence-corrected chi connectivity index (χ4v) is 0.855. The molecule has 0 atom stereocenters. The zero-order chi connectivity index (χ0) is 9.52. The highest BCUT2D eigenvalue weighted by Gasteiger charge is 1.93. The molecule has 0 heterocycles. The van der Waals surface area contributed by atoms with Gasteiger partial charge in [0, 0.05) is 6.42 Å². The first-order chi connectivity index (χ1) is 6.33. The number of benzene rings is 1. The molecule has 0 unspecified atom stereocenters. The smallest absolute Gasteiger partial charge is 0.122 e. The van der Waals surface area contributed by atoms with Crippen molar-refractivity contribution in [3.63, 3.8) is 0 Å². The van der Waals surface area contributed by atoms with Crippen LogP contribution in [0, 0.1) is 0 Å². The maximum atomic E-state index is 5.38. The van der Waals surface area contributed by atoms with Crippen molar-refractivity contribution >= 4 is 5.84 Å². The summed E-state index contributed by atoms with van der Waals surface area (Å²) in [6.45, 7) is 0.497. The number of nitrogens with zero attached hydrogens (tertiary/aromatic N) is 1. The fourth-order valence-electron chi connectivity index (χ4n) is 0.855. The van der Waals surface area contributed by atoms with E-state index in [2.05, 4.69) is 5.10 Å². The van der Waals surface area contributed by atoms with Crippen molar-refractivity contribution in [1.82, 2.24) is 0 Å². The minimum Gasteiger partial charge on any atom is -0.493 e. The summed E-state index contributed by atoms with van der Waals surface area (Å²) in [5.74, 6) is 6.18. The molecule has 0 bridgehead atoms. The zero-order valence-electron chi connectivity index (χ0n) is 7.31. The molecule has 0 saturated carbocycles. The van der Waals surface area contributed by atoms with Gasteiger partial charge in [-0.1, -0.05) is 18.2 Å². The highest BCUT2D eigenvalue weighted by molar-refractivity contribution is 5.79. The lowest BCUT2D eigenvalue weighted by atomic mass is 10.3. The van der Waals surface area contributed by atoms with Crippen LogP contribution in [0.5, 0.6) is 5.75 Å². The quantitative estimate of drug-likeness (QED) is 0.309. The molecular weight excluding hydrogens is 166 g/mol. The summed E-state index contributed by atoms with van der Waals surface area (Å²) in [5.41, 5.74) is 5.38. The maximum Gasteiger partial charge on any atom is 0.122 e. The molecule has 0 fully saturated rings. The van der Waals surface area contributed by atoms with E-state index in [-0.39, 0.29) is 0 Å². The summed E-state index contributed by atoms with van der Waals surface area (Å²) in [7, 11) is 0. The molecule has 1 aromatic rings. The van der Waals surface area contributed by atoms with Crippen molar-refractivity contribution in [2.24, 2.45) is 16.7 Å². The van der Waals surface area contributed by atoms with E-state index in [1.807, 2.05) is 30.3 Å². The average Bonchev–Trinajstić information content (AvgIpc) is 2.19. The molecule has 0 amide bonds. The van der Waals surface area contributed by atoms with Gasteiger partial charge in [0.1, 0.15) is 11.6 Å². The Hall–Kier alpha value is -1.71. The molecule has 1 rings (SSSR count). The van der Waals surface area contributed by atoms with E-state index in [9.17, 15) is 0 Å². The van der Waals surface area contributed by atoms with E-state index in [1.54, 1.807) is 0 Å². The highest BCUT2D eigenvalue weighted by Crippen LogP contribution is 2.07. The predicted octanol–water partition coefficient (Wildman–Crippen LogP) is 0.686. The summed E-state index contributed by atoms with van der Waals surface area (Å²) in [5, 5.41) is 3.33. The van der Waals surface area contributed by atoms with Gasteiger partial charge in [0.2, 0.25) is 0 Å². The zero-order valence-corrected chi connectivity index (χ0v) is 7.31. The minimum atomic E-state index is 0.399. The molecular formula is C9H13N3O. The van der Waals surface area contributed by atoms with Crippen LogP contribution in [0.3, 0.4) is 0 Å². The van der Waals surface area contributed by atoms with Crippen molar-refractivity contribution in [2.45, 2.75) is 6.42 Å². The van der Waals surface area contributed by atoms with Crippen LogP contribution < -0.4 is 16.3 Å². The van der Waals surface area contributed by atoms with Crippen LogP contribution in [-0.2, 0) is 0 Å². The van der Waals surface area contributed by atoms with Crippen LogP contribution in [0.25, 0.3) is 0 Å². The minimum absolute atomic E-state index is 0.399. The molecule has 0 aromatic heterocycles. The van der Waals surface area contributed by atoms with Crippen LogP contribution in [-0.4, -0.2) is 12.4 Å². The van der Waals surface area contributed by atoms with Crippen molar-refractivity contribution < 1.29 is 4.74 Å². The lowest BCUT2D eigenvalue weighted by Gasteiger charge is -2.04. The van der Waals surface area contributed by atoms with Gasteiger partial charge in [-0.15, -0.1) is 0 Å². The molecule has 0 aliphatic carbocycles. The molecule has 13 heavy (non-hydrogen) atoms. The Kier molecular flexibility index (Phi) is 3.63. The fraction of sp³-hybridized carbons (Fsp3) is 0.222. The summed E-state index contributed by atoms with van der Waals surface area (Å²) >= 11 is 0.